The summed E-state index contributed by atoms with van der Waals surface area (Å²) in [6.07, 6.45) is 1.10. The average Bonchev–Trinajstić information content (AvgIpc) is 3.59. The Morgan fingerprint density at radius 2 is 1.88 bits per heavy atom. The van der Waals surface area contributed by atoms with Gasteiger partial charge in [-0.15, -0.1) is 0 Å². The van der Waals surface area contributed by atoms with Gasteiger partial charge in [0.05, 0.1) is 30.2 Å². The first kappa shape index (κ1) is 31.0. The minimum absolute atomic E-state index is 0.0238. The maximum absolute atomic E-state index is 14.3. The highest BCUT2D eigenvalue weighted by Crippen LogP contribution is 2.39. The van der Waals surface area contributed by atoms with Gasteiger partial charge in [0.1, 0.15) is 17.3 Å². The van der Waals surface area contributed by atoms with E-state index in [0.29, 0.717) is 61.3 Å². The number of carboxylic acids is 1. The molecule has 1 aromatic heterocycles. The van der Waals surface area contributed by atoms with E-state index in [0.717, 1.165) is 37.9 Å². The molecule has 0 saturated carbocycles. The maximum Gasteiger partial charge on any atom is 0.416 e. The van der Waals surface area contributed by atoms with E-state index < -0.39 is 34.9 Å². The van der Waals surface area contributed by atoms with E-state index in [1.165, 1.54) is 24.2 Å². The topological polar surface area (TPSA) is 114 Å². The quantitative estimate of drug-likeness (QED) is 0.359. The molecule has 3 N–H and O–H groups in total. The van der Waals surface area contributed by atoms with Crippen molar-refractivity contribution in [2.45, 2.75) is 43.9 Å². The first-order valence-electron chi connectivity index (χ1n) is 14.1. The highest BCUT2D eigenvalue weighted by Gasteiger charge is 2.35. The fraction of sp³-hybridized carbons (Fsp3) is 0.500. The van der Waals surface area contributed by atoms with Crippen LogP contribution in [0.3, 0.4) is 0 Å². The Morgan fingerprint density at radius 1 is 1.12 bits per heavy atom. The monoisotopic (exact) mass is 623 g/mol. The summed E-state index contributed by atoms with van der Waals surface area (Å²) < 4.78 is 54.8. The fourth-order valence-electron chi connectivity index (χ4n) is 5.64. The lowest BCUT2D eigenvalue weighted by molar-refractivity contribution is -0.139. The Kier molecular flexibility index (Phi) is 9.42. The van der Waals surface area contributed by atoms with Gasteiger partial charge in [-0.25, -0.2) is 14.4 Å². The van der Waals surface area contributed by atoms with Crippen molar-refractivity contribution in [3.8, 4) is 0 Å². The number of carboxylic acid groups (broad SMARTS) is 1. The van der Waals surface area contributed by atoms with Crippen LogP contribution in [0.1, 0.15) is 47.8 Å². The Balaban J connectivity index is 1.28. The summed E-state index contributed by atoms with van der Waals surface area (Å²) in [7, 11) is 0. The van der Waals surface area contributed by atoms with Crippen LogP contribution in [0.25, 0.3) is 5.70 Å². The number of carbonyl (C=O) groups excluding carboxylic acids is 1. The van der Waals surface area contributed by atoms with Crippen LogP contribution in [0, 0.1) is 5.82 Å². The summed E-state index contributed by atoms with van der Waals surface area (Å²) in [6.45, 7) is 5.64. The maximum atomic E-state index is 14.3. The second-order valence-electron chi connectivity index (χ2n) is 10.7. The largest absolute Gasteiger partial charge is 0.480 e. The number of nitrogens with one attached hydrogen (secondary N) is 2. The summed E-state index contributed by atoms with van der Waals surface area (Å²) >= 11 is 1.27. The normalized spacial score (nSPS) is 21.7. The molecule has 10 nitrogen and oxygen atoms in total. The predicted octanol–water partition coefficient (Wildman–Crippen LogP) is 3.43. The number of halogens is 4. The lowest BCUT2D eigenvalue weighted by Gasteiger charge is -2.34. The number of piperazine rings is 1. The van der Waals surface area contributed by atoms with E-state index in [1.54, 1.807) is 0 Å². The summed E-state index contributed by atoms with van der Waals surface area (Å²) in [5.74, 6) is -1.84. The van der Waals surface area contributed by atoms with Crippen molar-refractivity contribution in [3.63, 3.8) is 0 Å². The van der Waals surface area contributed by atoms with Gasteiger partial charge >= 0.3 is 12.1 Å². The molecule has 2 unspecified atom stereocenters. The second-order valence-corrected chi connectivity index (χ2v) is 11.9. The number of alkyl halides is 3. The Hall–Kier alpha value is -3.43. The van der Waals surface area contributed by atoms with Gasteiger partial charge in [-0.3, -0.25) is 19.4 Å². The Labute approximate surface area is 250 Å². The van der Waals surface area contributed by atoms with Crippen LogP contribution in [-0.4, -0.2) is 94.1 Å². The van der Waals surface area contributed by atoms with Gasteiger partial charge in [-0.05, 0) is 44.0 Å². The van der Waals surface area contributed by atoms with Crippen molar-refractivity contribution >= 4 is 35.2 Å². The van der Waals surface area contributed by atoms with E-state index in [1.807, 2.05) is 9.80 Å². The van der Waals surface area contributed by atoms with Crippen LogP contribution in [0.2, 0.25) is 0 Å². The van der Waals surface area contributed by atoms with Crippen molar-refractivity contribution in [1.82, 2.24) is 30.4 Å². The Morgan fingerprint density at radius 3 is 2.53 bits per heavy atom. The molecule has 3 aliphatic heterocycles. The minimum Gasteiger partial charge on any atom is -0.480 e. The molecule has 0 aliphatic carbocycles. The molecule has 2 aromatic rings. The van der Waals surface area contributed by atoms with E-state index in [9.17, 15) is 27.2 Å². The lowest BCUT2D eigenvalue weighted by Crippen LogP contribution is -2.48. The number of amides is 1. The van der Waals surface area contributed by atoms with Crippen LogP contribution in [-0.2, 0) is 11.0 Å². The predicted molar refractivity (Wildman–Crippen MR) is 154 cm³/mol. The highest BCUT2D eigenvalue weighted by atomic mass is 32.2. The first-order chi connectivity index (χ1) is 20.5. The average molecular weight is 624 g/mol. The number of thioether (sulfide) groups is 1. The fourth-order valence-corrected chi connectivity index (χ4v) is 6.80. The SMILES string of the molecule is CCC1CCCN1CC1=C(c2cc(F)cc(C(F)(F)F)c2)NC(NC(=O)c2cnc(N3CCN(CC(=O)O)CC3)cn2)S1. The number of aliphatic carboxylic acids is 1. The van der Waals surface area contributed by atoms with E-state index in [2.05, 4.69) is 32.4 Å². The number of nitrogens with zero attached hydrogens (tertiary/aromatic N) is 5. The van der Waals surface area contributed by atoms with Crippen LogP contribution >= 0.6 is 11.8 Å². The zero-order chi connectivity index (χ0) is 30.7. The molecule has 2 atom stereocenters. The number of aromatic nitrogens is 2. The summed E-state index contributed by atoms with van der Waals surface area (Å²) in [5.41, 5.74) is -1.33. The molecule has 232 valence electrons. The molecule has 43 heavy (non-hydrogen) atoms. The van der Waals surface area contributed by atoms with E-state index in [4.69, 9.17) is 5.11 Å². The molecule has 3 aliphatic rings. The van der Waals surface area contributed by atoms with Gasteiger partial charge in [-0.1, -0.05) is 18.7 Å². The van der Waals surface area contributed by atoms with Crippen molar-refractivity contribution in [3.05, 3.63) is 58.1 Å². The molecule has 0 bridgehead atoms. The molecule has 0 spiro atoms. The van der Waals surface area contributed by atoms with Crippen LogP contribution in [0.4, 0.5) is 23.4 Å². The molecule has 4 heterocycles. The first-order valence-corrected chi connectivity index (χ1v) is 15.0. The molecule has 5 rings (SSSR count). The van der Waals surface area contributed by atoms with Crippen molar-refractivity contribution in [2.75, 3.05) is 50.7 Å². The second kappa shape index (κ2) is 13.1. The highest BCUT2D eigenvalue weighted by molar-refractivity contribution is 8.04. The zero-order valence-electron chi connectivity index (χ0n) is 23.5. The third-order valence-electron chi connectivity index (χ3n) is 7.83. The van der Waals surface area contributed by atoms with Crippen LogP contribution < -0.4 is 15.5 Å². The van der Waals surface area contributed by atoms with Crippen molar-refractivity contribution < 1.29 is 32.3 Å². The Bertz CT molecular complexity index is 1370. The van der Waals surface area contributed by atoms with Gasteiger partial charge < -0.3 is 20.6 Å². The van der Waals surface area contributed by atoms with E-state index in [-0.39, 0.29) is 17.8 Å². The molecule has 2 saturated heterocycles. The number of benzene rings is 1. The zero-order valence-corrected chi connectivity index (χ0v) is 24.3. The summed E-state index contributed by atoms with van der Waals surface area (Å²) in [5, 5.41) is 14.9. The number of rotatable bonds is 9. The minimum atomic E-state index is -4.71. The van der Waals surface area contributed by atoms with Gasteiger partial charge in [0.25, 0.3) is 5.91 Å². The number of likely N-dealkylation sites (tertiary alicyclic amines) is 1. The summed E-state index contributed by atoms with van der Waals surface area (Å²) in [6, 6.07) is 2.80. The molecule has 0 radical (unpaired) electrons. The molecular weight excluding hydrogens is 590 g/mol. The molecule has 15 heteroatoms. The number of carbonyl (C=O) groups is 2. The standard InChI is InChI=1S/C28H33F4N7O3S/c1-2-20-4-3-5-39(20)15-22-25(17-10-18(28(30,31)32)12-19(29)11-17)35-27(43-22)36-26(42)21-13-34-23(14-33-21)38-8-6-37(7-9-38)16-24(40)41/h10-14,20,27,35H,2-9,15-16H2,1H3,(H,36,42)(H,40,41). The third-order valence-corrected chi connectivity index (χ3v) is 8.92. The van der Waals surface area contributed by atoms with E-state index >= 15 is 0 Å². The van der Waals surface area contributed by atoms with Crippen molar-refractivity contribution in [2.24, 2.45) is 0 Å². The summed E-state index contributed by atoms with van der Waals surface area (Å²) in [4.78, 5) is 39.4. The molecular formula is C28H33F4N7O3S. The molecule has 1 amide bonds. The number of hydrogen-bond donors (Lipinski definition) is 3. The molecule has 2 fully saturated rings. The van der Waals surface area contributed by atoms with Gasteiger partial charge in [0, 0.05) is 49.2 Å². The van der Waals surface area contributed by atoms with Gasteiger partial charge in [0.15, 0.2) is 5.50 Å². The number of hydrogen-bond acceptors (Lipinski definition) is 9. The number of anilines is 1. The van der Waals surface area contributed by atoms with Gasteiger partial charge in [-0.2, -0.15) is 13.2 Å². The van der Waals surface area contributed by atoms with Crippen molar-refractivity contribution in [1.29, 1.82) is 0 Å². The van der Waals surface area contributed by atoms with Crippen LogP contribution in [0.5, 0.6) is 0 Å². The third kappa shape index (κ3) is 7.57. The molecule has 1 aromatic carbocycles. The lowest BCUT2D eigenvalue weighted by atomic mass is 10.1. The van der Waals surface area contributed by atoms with Crippen LogP contribution in [0.15, 0.2) is 35.5 Å². The smallest absolute Gasteiger partial charge is 0.416 e. The van der Waals surface area contributed by atoms with Gasteiger partial charge in [0.2, 0.25) is 0 Å².